The number of fused-ring (bicyclic) bond motifs is 1. The van der Waals surface area contributed by atoms with Crippen LogP contribution in [0.25, 0.3) is 10.9 Å². The Morgan fingerprint density at radius 1 is 0.705 bits per heavy atom. The van der Waals surface area contributed by atoms with Gasteiger partial charge in [0, 0.05) is 29.9 Å². The second kappa shape index (κ2) is 17.8. The Hall–Kier alpha value is -4.26. The standard InChI is InChI=1S/C32H45N7O5/c33-16-8-6-13-24(35)29(40)38-27(19-22-20-36-25-14-5-4-12-23(22)25)31(42)37-26(15-7-9-17-34)30(41)39-28(32(43)44)18-21-10-2-1-3-11-21/h1-5,10-12,14,20,24,26-28,36H,6-9,13,15-19,33-35H2,(H,37,42)(H,38,40)(H,39,41)(H,43,44). The molecule has 0 aliphatic rings. The Bertz CT molecular complexity index is 1360. The molecule has 1 heterocycles. The van der Waals surface area contributed by atoms with Crippen LogP contribution in [0.5, 0.6) is 0 Å². The Kier molecular flexibility index (Phi) is 13.8. The molecule has 238 valence electrons. The van der Waals surface area contributed by atoms with Gasteiger partial charge in [0.25, 0.3) is 0 Å². The summed E-state index contributed by atoms with van der Waals surface area (Å²) in [5, 5.41) is 18.9. The number of hydrogen-bond donors (Lipinski definition) is 8. The summed E-state index contributed by atoms with van der Waals surface area (Å²) in [5.41, 5.74) is 19.8. The van der Waals surface area contributed by atoms with E-state index in [9.17, 15) is 24.3 Å². The number of carboxylic acids is 1. The molecule has 3 aromatic rings. The number of aliphatic carboxylic acids is 1. The van der Waals surface area contributed by atoms with Crippen LogP contribution in [0.15, 0.2) is 60.8 Å². The Labute approximate surface area is 257 Å². The first-order valence-electron chi connectivity index (χ1n) is 15.1. The average molecular weight is 608 g/mol. The predicted molar refractivity (Wildman–Crippen MR) is 169 cm³/mol. The van der Waals surface area contributed by atoms with Gasteiger partial charge in [-0.3, -0.25) is 14.4 Å². The van der Waals surface area contributed by atoms with Crippen molar-refractivity contribution in [2.75, 3.05) is 13.1 Å². The molecule has 0 aliphatic heterocycles. The fraction of sp³-hybridized carbons (Fsp3) is 0.438. The van der Waals surface area contributed by atoms with Gasteiger partial charge in [0.05, 0.1) is 6.04 Å². The molecule has 12 heteroatoms. The van der Waals surface area contributed by atoms with Crippen LogP contribution in [0, 0.1) is 0 Å². The van der Waals surface area contributed by atoms with Gasteiger partial charge >= 0.3 is 5.97 Å². The third-order valence-corrected chi connectivity index (χ3v) is 7.52. The van der Waals surface area contributed by atoms with Crippen molar-refractivity contribution in [3.05, 3.63) is 71.9 Å². The highest BCUT2D eigenvalue weighted by atomic mass is 16.4. The van der Waals surface area contributed by atoms with E-state index >= 15 is 0 Å². The molecule has 12 nitrogen and oxygen atoms in total. The molecule has 44 heavy (non-hydrogen) atoms. The molecule has 0 bridgehead atoms. The van der Waals surface area contributed by atoms with Crippen LogP contribution in [-0.2, 0) is 32.0 Å². The maximum absolute atomic E-state index is 13.8. The van der Waals surface area contributed by atoms with Crippen molar-refractivity contribution in [3.63, 3.8) is 0 Å². The average Bonchev–Trinajstić information content (AvgIpc) is 3.43. The van der Waals surface area contributed by atoms with E-state index in [1.165, 1.54) is 0 Å². The van der Waals surface area contributed by atoms with Crippen LogP contribution in [0.4, 0.5) is 0 Å². The van der Waals surface area contributed by atoms with Gasteiger partial charge in [-0.15, -0.1) is 0 Å². The van der Waals surface area contributed by atoms with Gasteiger partial charge in [0.15, 0.2) is 0 Å². The predicted octanol–water partition coefficient (Wildman–Crippen LogP) is 1.08. The Morgan fingerprint density at radius 3 is 1.98 bits per heavy atom. The number of benzene rings is 2. The molecular formula is C32H45N7O5. The number of carbonyl (C=O) groups excluding carboxylic acids is 3. The third-order valence-electron chi connectivity index (χ3n) is 7.52. The van der Waals surface area contributed by atoms with Crippen molar-refractivity contribution >= 4 is 34.6 Å². The van der Waals surface area contributed by atoms with E-state index in [0.29, 0.717) is 38.8 Å². The van der Waals surface area contributed by atoms with E-state index in [4.69, 9.17) is 17.2 Å². The SMILES string of the molecule is NCCCCC(N)C(=O)NC(Cc1c[nH]c2ccccc12)C(=O)NC(CCCCN)C(=O)NC(Cc1ccccc1)C(=O)O. The van der Waals surface area contributed by atoms with Crippen LogP contribution in [-0.4, -0.2) is 71.0 Å². The molecular weight excluding hydrogens is 562 g/mol. The number of para-hydroxylation sites is 1. The van der Waals surface area contributed by atoms with Crippen molar-refractivity contribution in [3.8, 4) is 0 Å². The van der Waals surface area contributed by atoms with E-state index < -0.39 is 47.9 Å². The van der Waals surface area contributed by atoms with Gasteiger partial charge in [0.2, 0.25) is 17.7 Å². The number of unbranched alkanes of at least 4 members (excludes halogenated alkanes) is 2. The number of amides is 3. The zero-order valence-electron chi connectivity index (χ0n) is 25.0. The molecule has 0 radical (unpaired) electrons. The molecule has 4 atom stereocenters. The largest absolute Gasteiger partial charge is 0.480 e. The van der Waals surface area contributed by atoms with Crippen LogP contribution in [0.2, 0.25) is 0 Å². The number of H-pyrrole nitrogens is 1. The highest BCUT2D eigenvalue weighted by Gasteiger charge is 2.31. The lowest BCUT2D eigenvalue weighted by Crippen LogP contribution is -2.57. The molecule has 0 saturated carbocycles. The van der Waals surface area contributed by atoms with E-state index in [1.807, 2.05) is 30.3 Å². The number of nitrogens with two attached hydrogens (primary N) is 3. The number of carbonyl (C=O) groups is 4. The van der Waals surface area contributed by atoms with Crippen LogP contribution >= 0.6 is 0 Å². The molecule has 0 fully saturated rings. The summed E-state index contributed by atoms with van der Waals surface area (Å²) in [5.74, 6) is -2.89. The smallest absolute Gasteiger partial charge is 0.326 e. The normalized spacial score (nSPS) is 13.9. The van der Waals surface area contributed by atoms with Gasteiger partial charge in [-0.2, -0.15) is 0 Å². The minimum Gasteiger partial charge on any atom is -0.480 e. The van der Waals surface area contributed by atoms with Crippen molar-refractivity contribution in [2.24, 2.45) is 17.2 Å². The fourth-order valence-corrected chi connectivity index (χ4v) is 5.00. The number of aromatic nitrogens is 1. The van der Waals surface area contributed by atoms with Gasteiger partial charge < -0.3 is 43.2 Å². The van der Waals surface area contributed by atoms with Crippen molar-refractivity contribution in [2.45, 2.75) is 75.5 Å². The van der Waals surface area contributed by atoms with Gasteiger partial charge in [-0.1, -0.05) is 55.0 Å². The van der Waals surface area contributed by atoms with Crippen LogP contribution in [0.3, 0.4) is 0 Å². The zero-order chi connectivity index (χ0) is 31.9. The number of hydrogen-bond acceptors (Lipinski definition) is 7. The van der Waals surface area contributed by atoms with E-state index in [1.54, 1.807) is 30.5 Å². The summed E-state index contributed by atoms with van der Waals surface area (Å²) in [4.78, 5) is 55.5. The van der Waals surface area contributed by atoms with Crippen molar-refractivity contribution in [1.29, 1.82) is 0 Å². The first kappa shape index (κ1) is 34.2. The molecule has 4 unspecified atom stereocenters. The number of carboxylic acid groups (broad SMARTS) is 1. The monoisotopic (exact) mass is 607 g/mol. The first-order chi connectivity index (χ1) is 21.2. The summed E-state index contributed by atoms with van der Waals surface area (Å²) in [6.07, 6.45) is 5.17. The molecule has 1 aromatic heterocycles. The lowest BCUT2D eigenvalue weighted by atomic mass is 10.0. The molecule has 3 rings (SSSR count). The Morgan fingerprint density at radius 2 is 1.30 bits per heavy atom. The quantitative estimate of drug-likeness (QED) is 0.0920. The lowest BCUT2D eigenvalue weighted by molar-refractivity contribution is -0.142. The number of rotatable bonds is 19. The molecule has 0 saturated heterocycles. The molecule has 2 aromatic carbocycles. The van der Waals surface area contributed by atoms with E-state index in [2.05, 4.69) is 20.9 Å². The highest BCUT2D eigenvalue weighted by molar-refractivity contribution is 5.95. The topological polar surface area (TPSA) is 218 Å². The van der Waals surface area contributed by atoms with Crippen LogP contribution in [0.1, 0.15) is 49.7 Å². The number of aromatic amines is 1. The Balaban J connectivity index is 1.80. The summed E-state index contributed by atoms with van der Waals surface area (Å²) < 4.78 is 0. The summed E-state index contributed by atoms with van der Waals surface area (Å²) >= 11 is 0. The zero-order valence-corrected chi connectivity index (χ0v) is 25.0. The molecule has 3 amide bonds. The fourth-order valence-electron chi connectivity index (χ4n) is 5.00. The second-order valence-electron chi connectivity index (χ2n) is 11.0. The third kappa shape index (κ3) is 10.5. The van der Waals surface area contributed by atoms with Gasteiger partial charge in [-0.05, 0) is 62.4 Å². The molecule has 0 spiro atoms. The van der Waals surface area contributed by atoms with E-state index in [-0.39, 0.29) is 19.3 Å². The van der Waals surface area contributed by atoms with Crippen LogP contribution < -0.4 is 33.2 Å². The maximum Gasteiger partial charge on any atom is 0.326 e. The van der Waals surface area contributed by atoms with Gasteiger partial charge in [-0.25, -0.2) is 4.79 Å². The maximum atomic E-state index is 13.8. The van der Waals surface area contributed by atoms with Gasteiger partial charge in [0.1, 0.15) is 18.1 Å². The second-order valence-corrected chi connectivity index (χ2v) is 11.0. The van der Waals surface area contributed by atoms with Crippen molar-refractivity contribution < 1.29 is 24.3 Å². The minimum absolute atomic E-state index is 0.0761. The minimum atomic E-state index is -1.20. The first-order valence-corrected chi connectivity index (χ1v) is 15.1. The molecule has 0 aliphatic carbocycles. The summed E-state index contributed by atoms with van der Waals surface area (Å²) in [6, 6.07) is 12.4. The molecule has 11 N–H and O–H groups in total. The summed E-state index contributed by atoms with van der Waals surface area (Å²) in [6.45, 7) is 0.886. The van der Waals surface area contributed by atoms with E-state index in [0.717, 1.165) is 28.5 Å². The van der Waals surface area contributed by atoms with Crippen molar-refractivity contribution in [1.82, 2.24) is 20.9 Å². The summed E-state index contributed by atoms with van der Waals surface area (Å²) in [7, 11) is 0. The number of nitrogens with one attached hydrogen (secondary N) is 4. The highest BCUT2D eigenvalue weighted by Crippen LogP contribution is 2.19. The lowest BCUT2D eigenvalue weighted by Gasteiger charge is -2.25.